The zero-order valence-electron chi connectivity index (χ0n) is 31.9. The van der Waals surface area contributed by atoms with E-state index in [0.29, 0.717) is 19.4 Å². The van der Waals surface area contributed by atoms with E-state index in [2.05, 4.69) is 0 Å². The molecule has 0 aliphatic heterocycles. The van der Waals surface area contributed by atoms with E-state index in [1.54, 1.807) is 61.6 Å². The number of carbonyl (C=O) groups is 2. The lowest BCUT2D eigenvalue weighted by Gasteiger charge is -2.20. The molecular formula is C41H67NO13. The van der Waals surface area contributed by atoms with Crippen LogP contribution >= 0.6 is 0 Å². The van der Waals surface area contributed by atoms with Gasteiger partial charge < -0.3 is 61.9 Å². The van der Waals surface area contributed by atoms with Crippen molar-refractivity contribution in [1.82, 2.24) is 0 Å². The Morgan fingerprint density at radius 1 is 0.527 bits per heavy atom. The summed E-state index contributed by atoms with van der Waals surface area (Å²) in [7, 11) is 0. The molecular weight excluding hydrogens is 714 g/mol. The summed E-state index contributed by atoms with van der Waals surface area (Å²) < 4.78 is 0. The Balaban J connectivity index is 4.40. The highest BCUT2D eigenvalue weighted by Gasteiger charge is 2.25. The van der Waals surface area contributed by atoms with Gasteiger partial charge in [0.2, 0.25) is 0 Å². The fourth-order valence-electron chi connectivity index (χ4n) is 5.36. The SMILES string of the molecule is CC(C(=O)CC(O)CC(O)CC(O)C=CCC(O)CC(O)CC(O)CC(O)C=CCC(O)C=CCC(O)CCCN)C(O)CC=CC=CC=CC=CC(=O)O. The number of aliphatic carboxylic acids is 1. The number of allylic oxidation sites excluding steroid dienone is 6. The van der Waals surface area contributed by atoms with E-state index >= 15 is 0 Å². The molecule has 11 atom stereocenters. The van der Waals surface area contributed by atoms with Crippen LogP contribution in [0, 0.1) is 5.92 Å². The molecule has 0 rings (SSSR count). The highest BCUT2D eigenvalue weighted by Crippen LogP contribution is 2.17. The van der Waals surface area contributed by atoms with Gasteiger partial charge in [-0.3, -0.25) is 4.79 Å². The Morgan fingerprint density at radius 2 is 1.00 bits per heavy atom. The third kappa shape index (κ3) is 30.7. The van der Waals surface area contributed by atoms with Crippen LogP contribution in [0.15, 0.2) is 85.1 Å². The summed E-state index contributed by atoms with van der Waals surface area (Å²) in [5.41, 5.74) is 5.41. The maximum atomic E-state index is 12.5. The lowest BCUT2D eigenvalue weighted by Crippen LogP contribution is -2.30. The third-order valence-electron chi connectivity index (χ3n) is 8.50. The van der Waals surface area contributed by atoms with E-state index in [9.17, 15) is 60.7 Å². The molecule has 0 aromatic heterocycles. The van der Waals surface area contributed by atoms with Crippen molar-refractivity contribution in [3.8, 4) is 0 Å². The average molecular weight is 782 g/mol. The minimum atomic E-state index is -1.19. The van der Waals surface area contributed by atoms with Crippen molar-refractivity contribution in [3.63, 3.8) is 0 Å². The number of ketones is 1. The van der Waals surface area contributed by atoms with Gasteiger partial charge in [0.05, 0.1) is 61.0 Å². The number of carboxylic acids is 1. The summed E-state index contributed by atoms with van der Waals surface area (Å²) in [6.45, 7) is 2.05. The van der Waals surface area contributed by atoms with Crippen molar-refractivity contribution in [2.24, 2.45) is 11.7 Å². The molecule has 0 saturated heterocycles. The van der Waals surface area contributed by atoms with Crippen molar-refractivity contribution < 1.29 is 65.8 Å². The number of aliphatic hydroxyl groups excluding tert-OH is 10. The van der Waals surface area contributed by atoms with E-state index < -0.39 is 72.9 Å². The van der Waals surface area contributed by atoms with Gasteiger partial charge in [-0.05, 0) is 64.3 Å². The molecule has 11 unspecified atom stereocenters. The molecule has 0 aromatic carbocycles. The molecule has 0 amide bonds. The van der Waals surface area contributed by atoms with Gasteiger partial charge >= 0.3 is 5.97 Å². The summed E-state index contributed by atoms with van der Waals surface area (Å²) in [4.78, 5) is 22.9. The van der Waals surface area contributed by atoms with Crippen molar-refractivity contribution in [1.29, 1.82) is 0 Å². The Kier molecular flexibility index (Phi) is 30.2. The molecule has 0 heterocycles. The van der Waals surface area contributed by atoms with Gasteiger partial charge in [0.1, 0.15) is 5.78 Å². The van der Waals surface area contributed by atoms with Crippen LogP contribution in [0.1, 0.15) is 84.0 Å². The summed E-state index contributed by atoms with van der Waals surface area (Å²) in [5, 5.41) is 110. The highest BCUT2D eigenvalue weighted by atomic mass is 16.4. The number of aliphatic hydroxyl groups is 10. The molecule has 0 spiro atoms. The quantitative estimate of drug-likeness (QED) is 0.0261. The number of nitrogens with two attached hydrogens (primary N) is 1. The fourth-order valence-corrected chi connectivity index (χ4v) is 5.36. The predicted molar refractivity (Wildman–Crippen MR) is 210 cm³/mol. The normalized spacial score (nSPS) is 19.1. The van der Waals surface area contributed by atoms with Gasteiger partial charge in [0.15, 0.2) is 0 Å². The number of hydrogen-bond acceptors (Lipinski definition) is 13. The smallest absolute Gasteiger partial charge is 0.328 e. The van der Waals surface area contributed by atoms with Crippen LogP contribution in [-0.4, -0.2) is 136 Å². The van der Waals surface area contributed by atoms with Crippen LogP contribution in [0.4, 0.5) is 0 Å². The standard InChI is InChI=1S/C41H67NO13/c1-29(39(52)20-7-5-3-2-4-6-8-21-41(54)55)40(53)28-38(51)27-37(50)25-34(47)18-11-17-33(46)24-36(49)26-35(48)23-32(45)16-10-15-30(43)13-9-14-31(44)19-12-22-42/h2-11,13,16,18,21,29-39,43-52H,12,14-15,17,19-20,22-28,42H2,1H3,(H,54,55). The van der Waals surface area contributed by atoms with Crippen LogP contribution in [0.2, 0.25) is 0 Å². The lowest BCUT2D eigenvalue weighted by atomic mass is 9.92. The fraction of sp³-hybridized carbons (Fsp3) is 0.610. The molecule has 0 saturated carbocycles. The monoisotopic (exact) mass is 781 g/mol. The van der Waals surface area contributed by atoms with Crippen LogP contribution in [0.25, 0.3) is 0 Å². The topological polar surface area (TPSA) is 283 Å². The largest absolute Gasteiger partial charge is 0.478 e. The van der Waals surface area contributed by atoms with E-state index in [4.69, 9.17) is 10.8 Å². The van der Waals surface area contributed by atoms with Gasteiger partial charge in [-0.15, -0.1) is 0 Å². The Labute approximate surface area is 325 Å². The molecule has 13 N–H and O–H groups in total. The van der Waals surface area contributed by atoms with E-state index in [0.717, 1.165) is 12.5 Å². The van der Waals surface area contributed by atoms with Crippen LogP contribution in [-0.2, 0) is 9.59 Å². The Morgan fingerprint density at radius 3 is 1.58 bits per heavy atom. The summed E-state index contributed by atoms with van der Waals surface area (Å²) in [5.74, 6) is -2.20. The lowest BCUT2D eigenvalue weighted by molar-refractivity contribution is -0.131. The molecule has 14 nitrogen and oxygen atoms in total. The van der Waals surface area contributed by atoms with Crippen LogP contribution < -0.4 is 5.73 Å². The van der Waals surface area contributed by atoms with Crippen molar-refractivity contribution >= 4 is 11.8 Å². The zero-order chi connectivity index (χ0) is 41.6. The van der Waals surface area contributed by atoms with E-state index in [-0.39, 0.29) is 63.6 Å². The number of carboxylic acid groups (broad SMARTS) is 1. The number of rotatable bonds is 32. The molecule has 55 heavy (non-hydrogen) atoms. The molecule has 14 heteroatoms. The Bertz CT molecular complexity index is 1230. The first-order chi connectivity index (χ1) is 26.0. The van der Waals surface area contributed by atoms with Crippen molar-refractivity contribution in [2.45, 2.75) is 145 Å². The van der Waals surface area contributed by atoms with Crippen molar-refractivity contribution in [2.75, 3.05) is 6.54 Å². The maximum Gasteiger partial charge on any atom is 0.328 e. The third-order valence-corrected chi connectivity index (χ3v) is 8.50. The molecule has 0 aromatic rings. The summed E-state index contributed by atoms with van der Waals surface area (Å²) in [6.07, 6.45) is 12.8. The van der Waals surface area contributed by atoms with E-state index in [1.807, 2.05) is 0 Å². The number of hydrogen-bond donors (Lipinski definition) is 12. The summed E-state index contributed by atoms with van der Waals surface area (Å²) in [6, 6.07) is 0. The minimum Gasteiger partial charge on any atom is -0.478 e. The average Bonchev–Trinajstić information content (AvgIpc) is 3.08. The number of carbonyl (C=O) groups excluding carboxylic acids is 1. The van der Waals surface area contributed by atoms with Crippen molar-refractivity contribution in [3.05, 3.63) is 85.1 Å². The second-order valence-corrected chi connectivity index (χ2v) is 13.9. The van der Waals surface area contributed by atoms with E-state index in [1.165, 1.54) is 24.3 Å². The van der Waals surface area contributed by atoms with Gasteiger partial charge in [-0.25, -0.2) is 4.79 Å². The molecule has 0 aliphatic rings. The summed E-state index contributed by atoms with van der Waals surface area (Å²) >= 11 is 0. The maximum absolute atomic E-state index is 12.5. The Hall–Kier alpha value is -3.12. The first kappa shape index (κ1) is 51.9. The number of Topliss-reactive ketones (excluding diaryl/α,β-unsaturated/α-hetero) is 1. The molecule has 0 aliphatic carbocycles. The first-order valence-corrected chi connectivity index (χ1v) is 19.0. The van der Waals surface area contributed by atoms with Gasteiger partial charge in [0, 0.05) is 31.3 Å². The van der Waals surface area contributed by atoms with Gasteiger partial charge in [-0.1, -0.05) is 85.9 Å². The predicted octanol–water partition coefficient (Wildman–Crippen LogP) is 1.42. The second kappa shape index (κ2) is 32.0. The van der Waals surface area contributed by atoms with Gasteiger partial charge in [-0.2, -0.15) is 0 Å². The molecule has 0 radical (unpaired) electrons. The molecule has 314 valence electrons. The highest BCUT2D eigenvalue weighted by molar-refractivity contribution is 5.81. The first-order valence-electron chi connectivity index (χ1n) is 19.0. The second-order valence-electron chi connectivity index (χ2n) is 13.9. The van der Waals surface area contributed by atoms with Crippen LogP contribution in [0.3, 0.4) is 0 Å². The minimum absolute atomic E-state index is 0.0601. The van der Waals surface area contributed by atoms with Gasteiger partial charge in [0.25, 0.3) is 0 Å². The van der Waals surface area contributed by atoms with Crippen LogP contribution in [0.5, 0.6) is 0 Å². The molecule has 0 bridgehead atoms. The molecule has 0 fully saturated rings. The zero-order valence-corrected chi connectivity index (χ0v) is 31.9.